The molecule has 0 unspecified atom stereocenters. The highest BCUT2D eigenvalue weighted by Gasteiger charge is 2.78. The maximum absolute atomic E-state index is 11.7. The average molecular weight is 366 g/mol. The van der Waals surface area contributed by atoms with Crippen molar-refractivity contribution < 1.29 is 30.3 Å². The second kappa shape index (κ2) is 4.56. The molecule has 1 spiro atoms. The van der Waals surface area contributed by atoms with Crippen molar-refractivity contribution >= 4 is 0 Å². The van der Waals surface area contributed by atoms with Gasteiger partial charge >= 0.3 is 0 Å². The van der Waals surface area contributed by atoms with E-state index < -0.39 is 52.4 Å². The van der Waals surface area contributed by atoms with E-state index >= 15 is 0 Å². The summed E-state index contributed by atoms with van der Waals surface area (Å²) in [5.74, 6) is -1.07. The number of hydrogen-bond acceptors (Lipinski definition) is 6. The highest BCUT2D eigenvalue weighted by molar-refractivity contribution is 5.36. The fraction of sp³-hybridized carbons (Fsp3) is 0.900. The molecular formula is C20H30O6. The minimum absolute atomic E-state index is 0.0276. The number of ether oxygens (including phenoxy) is 1. The minimum Gasteiger partial charge on any atom is -0.392 e. The molecule has 5 N–H and O–H groups in total. The Hall–Kier alpha value is -0.500. The predicted octanol–water partition coefficient (Wildman–Crippen LogP) is -0.0393. The van der Waals surface area contributed by atoms with Crippen LogP contribution in [0.4, 0.5) is 0 Å². The third-order valence-corrected chi connectivity index (χ3v) is 9.12. The van der Waals surface area contributed by atoms with Gasteiger partial charge in [0.15, 0.2) is 0 Å². The van der Waals surface area contributed by atoms with Crippen molar-refractivity contribution in [1.29, 1.82) is 0 Å². The zero-order chi connectivity index (χ0) is 19.0. The van der Waals surface area contributed by atoms with Crippen LogP contribution in [0.5, 0.6) is 0 Å². The molecule has 4 bridgehead atoms. The van der Waals surface area contributed by atoms with Crippen molar-refractivity contribution in [3.63, 3.8) is 0 Å². The standard InChI is InChI=1S/C20H30O6/c1-8-12-10-5-9-15(23)19(12,7-18(9,4)26-10)6-11(21)20(25)13(8)14(22)16(24)17(20,2)3/h9-16,21-25H,1,5-7H2,2-4H3/t9-,10+,11-,12-,13-,14-,15-,16+,18+,19+,20-/m1/s1. The topological polar surface area (TPSA) is 110 Å². The quantitative estimate of drug-likeness (QED) is 0.385. The van der Waals surface area contributed by atoms with Gasteiger partial charge in [0.05, 0.1) is 36.1 Å². The van der Waals surface area contributed by atoms with Crippen molar-refractivity contribution in [3.8, 4) is 0 Å². The van der Waals surface area contributed by atoms with Crippen molar-refractivity contribution in [2.24, 2.45) is 28.6 Å². The van der Waals surface area contributed by atoms with Gasteiger partial charge in [-0.1, -0.05) is 26.0 Å². The van der Waals surface area contributed by atoms with Gasteiger partial charge in [-0.05, 0) is 26.2 Å². The number of fused-ring (bicyclic) bond motifs is 1. The largest absolute Gasteiger partial charge is 0.392 e. The van der Waals surface area contributed by atoms with Crippen LogP contribution in [0.2, 0.25) is 0 Å². The van der Waals surface area contributed by atoms with Crippen LogP contribution in [0.1, 0.15) is 40.0 Å². The van der Waals surface area contributed by atoms with Crippen LogP contribution in [0.25, 0.3) is 0 Å². The summed E-state index contributed by atoms with van der Waals surface area (Å²) in [7, 11) is 0. The van der Waals surface area contributed by atoms with Gasteiger partial charge in [0.2, 0.25) is 0 Å². The molecule has 0 radical (unpaired) electrons. The first-order valence-corrected chi connectivity index (χ1v) is 9.73. The summed E-state index contributed by atoms with van der Waals surface area (Å²) in [6, 6.07) is 0. The second-order valence-corrected chi connectivity index (χ2v) is 10.4. The number of aliphatic hydroxyl groups is 5. The van der Waals surface area contributed by atoms with Crippen LogP contribution < -0.4 is 0 Å². The Kier molecular flexibility index (Phi) is 3.08. The Morgan fingerprint density at radius 3 is 2.31 bits per heavy atom. The number of hydrogen-bond donors (Lipinski definition) is 5. The molecule has 4 aliphatic carbocycles. The third kappa shape index (κ3) is 1.52. The maximum atomic E-state index is 11.7. The van der Waals surface area contributed by atoms with Gasteiger partial charge in [-0.25, -0.2) is 0 Å². The van der Waals surface area contributed by atoms with Gasteiger partial charge in [-0.3, -0.25) is 0 Å². The Morgan fingerprint density at radius 1 is 1.04 bits per heavy atom. The van der Waals surface area contributed by atoms with E-state index in [-0.39, 0.29) is 24.4 Å². The molecule has 0 aromatic carbocycles. The molecule has 0 aromatic rings. The minimum atomic E-state index is -1.71. The van der Waals surface area contributed by atoms with Gasteiger partial charge < -0.3 is 30.3 Å². The van der Waals surface area contributed by atoms with Crippen LogP contribution in [0, 0.1) is 28.6 Å². The normalized spacial score (nSPS) is 65.2. The zero-order valence-electron chi connectivity index (χ0n) is 15.6. The molecule has 4 saturated carbocycles. The van der Waals surface area contributed by atoms with E-state index in [0.29, 0.717) is 12.0 Å². The lowest BCUT2D eigenvalue weighted by Gasteiger charge is -2.50. The van der Waals surface area contributed by atoms with E-state index in [0.717, 1.165) is 6.42 Å². The molecule has 11 atom stereocenters. The second-order valence-electron chi connectivity index (χ2n) is 10.4. The molecule has 6 rings (SSSR count). The lowest BCUT2D eigenvalue weighted by molar-refractivity contribution is -0.182. The first-order chi connectivity index (χ1) is 11.9. The monoisotopic (exact) mass is 366 g/mol. The molecule has 6 nitrogen and oxygen atoms in total. The molecule has 6 aliphatic rings. The summed E-state index contributed by atoms with van der Waals surface area (Å²) in [4.78, 5) is 0. The summed E-state index contributed by atoms with van der Waals surface area (Å²) >= 11 is 0. The van der Waals surface area contributed by atoms with Crippen molar-refractivity contribution in [2.75, 3.05) is 0 Å². The lowest BCUT2D eigenvalue weighted by Crippen LogP contribution is -2.57. The third-order valence-electron chi connectivity index (χ3n) is 9.12. The van der Waals surface area contributed by atoms with Gasteiger partial charge in [0.25, 0.3) is 0 Å². The van der Waals surface area contributed by atoms with E-state index in [2.05, 4.69) is 6.58 Å². The molecule has 146 valence electrons. The molecule has 2 saturated heterocycles. The molecule has 6 fully saturated rings. The highest BCUT2D eigenvalue weighted by atomic mass is 16.5. The van der Waals surface area contributed by atoms with Crippen molar-refractivity contribution in [2.45, 2.75) is 81.8 Å². The molecule has 2 aliphatic heterocycles. The SMILES string of the molecule is C=C1[C@@H]2[C@@H]3C[C@@H]4[C@@H](O)[C@@]2(C[C@@H](O)[C@@]2(O)[C@H]1[C@@H](O)[C@H](O)C2(C)C)C[C@]4(C)O3. The van der Waals surface area contributed by atoms with Crippen LogP contribution in [0.15, 0.2) is 12.2 Å². The molecule has 6 heteroatoms. The van der Waals surface area contributed by atoms with Gasteiger partial charge in [0.1, 0.15) is 5.60 Å². The molecule has 2 heterocycles. The maximum Gasteiger partial charge on any atom is 0.107 e. The molecular weight excluding hydrogens is 336 g/mol. The van der Waals surface area contributed by atoms with Crippen LogP contribution >= 0.6 is 0 Å². The van der Waals surface area contributed by atoms with E-state index in [1.165, 1.54) is 0 Å². The Bertz CT molecular complexity index is 692. The fourth-order valence-corrected chi connectivity index (χ4v) is 7.93. The van der Waals surface area contributed by atoms with Gasteiger partial charge in [0, 0.05) is 28.6 Å². The van der Waals surface area contributed by atoms with E-state index in [1.807, 2.05) is 6.92 Å². The van der Waals surface area contributed by atoms with Gasteiger partial charge in [-0.2, -0.15) is 0 Å². The lowest BCUT2D eigenvalue weighted by atomic mass is 9.59. The summed E-state index contributed by atoms with van der Waals surface area (Å²) in [6.45, 7) is 9.63. The predicted molar refractivity (Wildman–Crippen MR) is 91.9 cm³/mol. The first kappa shape index (κ1) is 17.6. The van der Waals surface area contributed by atoms with Crippen molar-refractivity contribution in [3.05, 3.63) is 12.2 Å². The summed E-state index contributed by atoms with van der Waals surface area (Å²) in [5, 5.41) is 55.4. The van der Waals surface area contributed by atoms with Gasteiger partial charge in [-0.15, -0.1) is 0 Å². The van der Waals surface area contributed by atoms with Crippen LogP contribution in [0.3, 0.4) is 0 Å². The Labute approximate surface area is 153 Å². The smallest absolute Gasteiger partial charge is 0.107 e. The van der Waals surface area contributed by atoms with Crippen molar-refractivity contribution in [1.82, 2.24) is 0 Å². The number of rotatable bonds is 0. The summed E-state index contributed by atoms with van der Waals surface area (Å²) < 4.78 is 6.30. The molecule has 0 aromatic heterocycles. The van der Waals surface area contributed by atoms with E-state index in [1.54, 1.807) is 13.8 Å². The van der Waals surface area contributed by atoms with Crippen LogP contribution in [-0.4, -0.2) is 67.3 Å². The fourth-order valence-electron chi connectivity index (χ4n) is 7.93. The van der Waals surface area contributed by atoms with Crippen LogP contribution in [-0.2, 0) is 4.74 Å². The highest BCUT2D eigenvalue weighted by Crippen LogP contribution is 2.72. The Balaban J connectivity index is 1.70. The first-order valence-electron chi connectivity index (χ1n) is 9.73. The summed E-state index contributed by atoms with van der Waals surface area (Å²) in [5.41, 5.74) is -3.22. The van der Waals surface area contributed by atoms with E-state index in [9.17, 15) is 25.5 Å². The van der Waals surface area contributed by atoms with E-state index in [4.69, 9.17) is 4.74 Å². The summed E-state index contributed by atoms with van der Waals surface area (Å²) in [6.07, 6.45) is -2.75. The zero-order valence-corrected chi connectivity index (χ0v) is 15.6. The number of aliphatic hydroxyl groups excluding tert-OH is 4. The molecule has 0 amide bonds. The average Bonchev–Trinajstić information content (AvgIpc) is 2.92. The Morgan fingerprint density at radius 2 is 1.69 bits per heavy atom. The molecule has 26 heavy (non-hydrogen) atoms.